The molecule has 0 atom stereocenters. The quantitative estimate of drug-likeness (QED) is 0.836. The van der Waals surface area contributed by atoms with Gasteiger partial charge < -0.3 is 10.1 Å². The molecule has 0 radical (unpaired) electrons. The van der Waals surface area contributed by atoms with E-state index in [1.165, 1.54) is 6.07 Å². The molecule has 0 aliphatic heterocycles. The van der Waals surface area contributed by atoms with Crippen molar-refractivity contribution in [3.05, 3.63) is 28.2 Å². The van der Waals surface area contributed by atoms with Crippen molar-refractivity contribution >= 4 is 21.6 Å². The van der Waals surface area contributed by atoms with Gasteiger partial charge in [0.1, 0.15) is 11.6 Å². The van der Waals surface area contributed by atoms with Gasteiger partial charge in [-0.05, 0) is 28.9 Å². The minimum absolute atomic E-state index is 0.260. The van der Waals surface area contributed by atoms with Crippen molar-refractivity contribution in [2.45, 2.75) is 6.92 Å². The van der Waals surface area contributed by atoms with Crippen molar-refractivity contribution in [1.82, 2.24) is 0 Å². The van der Waals surface area contributed by atoms with Gasteiger partial charge in [-0.15, -0.1) is 0 Å². The van der Waals surface area contributed by atoms with Gasteiger partial charge in [0.2, 0.25) is 0 Å². The first kappa shape index (κ1) is 12.4. The summed E-state index contributed by atoms with van der Waals surface area (Å²) in [6.07, 6.45) is 0. The number of rotatable bonds is 5. The third kappa shape index (κ3) is 3.76. The average Bonchev–Trinajstić information content (AvgIpc) is 2.15. The van der Waals surface area contributed by atoms with E-state index >= 15 is 0 Å². The summed E-state index contributed by atoms with van der Waals surface area (Å²) in [6, 6.07) is 2.06. The number of halogens is 3. The topological polar surface area (TPSA) is 21.3 Å². The summed E-state index contributed by atoms with van der Waals surface area (Å²) in [7, 11) is 0. The van der Waals surface area contributed by atoms with E-state index in [1.54, 1.807) is 0 Å². The first-order chi connectivity index (χ1) is 7.15. The van der Waals surface area contributed by atoms with Crippen LogP contribution in [0, 0.1) is 11.6 Å². The number of benzene rings is 1. The molecular formula is C10H12BrF2NO. The molecule has 0 bridgehead atoms. The van der Waals surface area contributed by atoms with E-state index in [4.69, 9.17) is 4.74 Å². The molecule has 0 aromatic heterocycles. The van der Waals surface area contributed by atoms with E-state index in [1.807, 2.05) is 6.92 Å². The highest BCUT2D eigenvalue weighted by molar-refractivity contribution is 9.10. The lowest BCUT2D eigenvalue weighted by Crippen LogP contribution is -2.10. The highest BCUT2D eigenvalue weighted by atomic mass is 79.9. The van der Waals surface area contributed by atoms with Crippen molar-refractivity contribution in [3.63, 3.8) is 0 Å². The van der Waals surface area contributed by atoms with Gasteiger partial charge in [0.15, 0.2) is 0 Å². The average molecular weight is 280 g/mol. The monoisotopic (exact) mass is 279 g/mol. The number of hydrogen-bond acceptors (Lipinski definition) is 2. The summed E-state index contributed by atoms with van der Waals surface area (Å²) in [6.45, 7) is 3.47. The summed E-state index contributed by atoms with van der Waals surface area (Å²) in [5.74, 6) is -1.21. The highest BCUT2D eigenvalue weighted by Crippen LogP contribution is 2.26. The van der Waals surface area contributed by atoms with Crippen LogP contribution in [0.2, 0.25) is 0 Å². The van der Waals surface area contributed by atoms with E-state index in [9.17, 15) is 8.78 Å². The van der Waals surface area contributed by atoms with Crippen LogP contribution in [0.25, 0.3) is 0 Å². The molecule has 0 spiro atoms. The third-order valence-corrected chi connectivity index (χ3v) is 2.38. The standard InChI is InChI=1S/C10H12BrF2NO/c1-2-15-4-3-14-10-8(11)5-7(12)6-9(10)13/h5-6,14H,2-4H2,1H3. The van der Waals surface area contributed by atoms with Crippen molar-refractivity contribution in [2.24, 2.45) is 0 Å². The molecule has 84 valence electrons. The van der Waals surface area contributed by atoms with Crippen LogP contribution >= 0.6 is 15.9 Å². The zero-order valence-corrected chi connectivity index (χ0v) is 9.90. The number of nitrogens with one attached hydrogen (secondary N) is 1. The Morgan fingerprint density at radius 3 is 2.73 bits per heavy atom. The molecule has 1 aromatic carbocycles. The Balaban J connectivity index is 2.60. The molecule has 0 aliphatic carbocycles. The Kier molecular flexibility index (Phi) is 4.98. The van der Waals surface area contributed by atoms with E-state index in [-0.39, 0.29) is 5.69 Å². The summed E-state index contributed by atoms with van der Waals surface area (Å²) in [4.78, 5) is 0. The second kappa shape index (κ2) is 6.02. The fourth-order valence-electron chi connectivity index (χ4n) is 1.10. The minimum Gasteiger partial charge on any atom is -0.380 e. The van der Waals surface area contributed by atoms with Crippen LogP contribution in [0.5, 0.6) is 0 Å². The fourth-order valence-corrected chi connectivity index (χ4v) is 1.65. The number of ether oxygens (including phenoxy) is 1. The van der Waals surface area contributed by atoms with E-state index < -0.39 is 11.6 Å². The maximum Gasteiger partial charge on any atom is 0.150 e. The number of anilines is 1. The fraction of sp³-hybridized carbons (Fsp3) is 0.400. The molecule has 0 amide bonds. The molecule has 1 rings (SSSR count). The van der Waals surface area contributed by atoms with Crippen LogP contribution in [0.4, 0.5) is 14.5 Å². The maximum atomic E-state index is 13.2. The van der Waals surface area contributed by atoms with Crippen molar-refractivity contribution in [2.75, 3.05) is 25.1 Å². The van der Waals surface area contributed by atoms with Gasteiger partial charge in [-0.1, -0.05) is 0 Å². The molecule has 0 heterocycles. The van der Waals surface area contributed by atoms with Crippen LogP contribution < -0.4 is 5.32 Å². The predicted molar refractivity (Wildman–Crippen MR) is 59.0 cm³/mol. The smallest absolute Gasteiger partial charge is 0.150 e. The zero-order valence-electron chi connectivity index (χ0n) is 8.32. The maximum absolute atomic E-state index is 13.2. The Bertz CT molecular complexity index is 310. The van der Waals surface area contributed by atoms with Gasteiger partial charge in [0, 0.05) is 23.7 Å². The SMILES string of the molecule is CCOCCNc1c(F)cc(F)cc1Br. The predicted octanol–water partition coefficient (Wildman–Crippen LogP) is 3.18. The Hall–Kier alpha value is -0.680. The minimum atomic E-state index is -0.613. The zero-order chi connectivity index (χ0) is 11.3. The summed E-state index contributed by atoms with van der Waals surface area (Å²) >= 11 is 3.08. The first-order valence-corrected chi connectivity index (χ1v) is 5.40. The highest BCUT2D eigenvalue weighted by Gasteiger charge is 2.08. The molecule has 0 saturated carbocycles. The van der Waals surface area contributed by atoms with Crippen LogP contribution in [0.15, 0.2) is 16.6 Å². The Morgan fingerprint density at radius 2 is 2.13 bits per heavy atom. The molecule has 1 N–H and O–H groups in total. The van der Waals surface area contributed by atoms with E-state index in [2.05, 4.69) is 21.2 Å². The summed E-state index contributed by atoms with van der Waals surface area (Å²) in [5, 5.41) is 2.83. The van der Waals surface area contributed by atoms with Crippen LogP contribution in [-0.4, -0.2) is 19.8 Å². The molecule has 5 heteroatoms. The first-order valence-electron chi connectivity index (χ1n) is 4.61. The molecule has 0 fully saturated rings. The van der Waals surface area contributed by atoms with E-state index in [0.717, 1.165) is 6.07 Å². The molecule has 15 heavy (non-hydrogen) atoms. The van der Waals surface area contributed by atoms with Gasteiger partial charge in [0.05, 0.1) is 12.3 Å². The lowest BCUT2D eigenvalue weighted by atomic mass is 10.3. The van der Waals surface area contributed by atoms with Gasteiger partial charge in [-0.3, -0.25) is 0 Å². The van der Waals surface area contributed by atoms with Gasteiger partial charge >= 0.3 is 0 Å². The van der Waals surface area contributed by atoms with Crippen molar-refractivity contribution in [3.8, 4) is 0 Å². The lowest BCUT2D eigenvalue weighted by molar-refractivity contribution is 0.158. The summed E-state index contributed by atoms with van der Waals surface area (Å²) in [5.41, 5.74) is 0.260. The lowest BCUT2D eigenvalue weighted by Gasteiger charge is -2.09. The van der Waals surface area contributed by atoms with Crippen molar-refractivity contribution < 1.29 is 13.5 Å². The molecule has 2 nitrogen and oxygen atoms in total. The third-order valence-electron chi connectivity index (χ3n) is 1.76. The second-order valence-electron chi connectivity index (χ2n) is 2.87. The van der Waals surface area contributed by atoms with Crippen LogP contribution in [-0.2, 0) is 4.74 Å². The largest absolute Gasteiger partial charge is 0.380 e. The molecule has 0 unspecified atom stereocenters. The Morgan fingerprint density at radius 1 is 1.40 bits per heavy atom. The van der Waals surface area contributed by atoms with Gasteiger partial charge in [-0.2, -0.15) is 0 Å². The Labute approximate surface area is 95.8 Å². The molecular weight excluding hydrogens is 268 g/mol. The molecule has 0 aliphatic rings. The van der Waals surface area contributed by atoms with Crippen LogP contribution in [0.3, 0.4) is 0 Å². The second-order valence-corrected chi connectivity index (χ2v) is 3.72. The summed E-state index contributed by atoms with van der Waals surface area (Å²) < 4.78 is 31.4. The molecule has 0 saturated heterocycles. The van der Waals surface area contributed by atoms with Crippen LogP contribution in [0.1, 0.15) is 6.92 Å². The van der Waals surface area contributed by atoms with Gasteiger partial charge in [0.25, 0.3) is 0 Å². The van der Waals surface area contributed by atoms with Crippen molar-refractivity contribution in [1.29, 1.82) is 0 Å². The van der Waals surface area contributed by atoms with Gasteiger partial charge in [-0.25, -0.2) is 8.78 Å². The normalized spacial score (nSPS) is 10.4. The number of hydrogen-bond donors (Lipinski definition) is 1. The van der Waals surface area contributed by atoms with E-state index in [0.29, 0.717) is 24.2 Å². The molecule has 1 aromatic rings.